The molecule has 1 N–H and O–H groups in total. The van der Waals surface area contributed by atoms with E-state index in [2.05, 4.69) is 29.1 Å². The van der Waals surface area contributed by atoms with Crippen LogP contribution in [0.1, 0.15) is 44.3 Å². The van der Waals surface area contributed by atoms with E-state index < -0.39 is 0 Å². The predicted octanol–water partition coefficient (Wildman–Crippen LogP) is 2.57. The van der Waals surface area contributed by atoms with E-state index in [0.717, 1.165) is 43.2 Å². The lowest BCUT2D eigenvalue weighted by Gasteiger charge is -2.12. The molecule has 1 atom stereocenters. The Bertz CT molecular complexity index is 373. The van der Waals surface area contributed by atoms with Crippen molar-refractivity contribution >= 4 is 5.82 Å². The molecule has 2 rings (SSSR count). The summed E-state index contributed by atoms with van der Waals surface area (Å²) >= 11 is 0. The quantitative estimate of drug-likeness (QED) is 0.871. The molecule has 0 aromatic carbocycles. The monoisotopic (exact) mass is 235 g/mol. The summed E-state index contributed by atoms with van der Waals surface area (Å²) in [6.07, 6.45) is 3.22. The maximum Gasteiger partial charge on any atom is 0.159 e. The Morgan fingerprint density at radius 1 is 1.47 bits per heavy atom. The molecule has 0 aliphatic carbocycles. The molecule has 94 valence electrons. The Morgan fingerprint density at radius 3 is 2.88 bits per heavy atom. The van der Waals surface area contributed by atoms with Gasteiger partial charge in [-0.3, -0.25) is 0 Å². The van der Waals surface area contributed by atoms with Crippen molar-refractivity contribution in [3.63, 3.8) is 0 Å². The van der Waals surface area contributed by atoms with Gasteiger partial charge in [0.25, 0.3) is 0 Å². The van der Waals surface area contributed by atoms with Gasteiger partial charge < -0.3 is 10.1 Å². The Kier molecular flexibility index (Phi) is 3.94. The standard InChI is InChI=1S/C13H21N3O/c1-9(2)7-10-8-12(14-3)16-13(15-10)11-5-4-6-17-11/h8-9,11H,4-7H2,1-3H3,(H,14,15,16). The van der Waals surface area contributed by atoms with Gasteiger partial charge in [-0.15, -0.1) is 0 Å². The van der Waals surface area contributed by atoms with Gasteiger partial charge in [0.15, 0.2) is 5.82 Å². The van der Waals surface area contributed by atoms with Crippen LogP contribution in [0.5, 0.6) is 0 Å². The van der Waals surface area contributed by atoms with Gasteiger partial charge in [0.2, 0.25) is 0 Å². The molecule has 1 saturated heterocycles. The molecule has 17 heavy (non-hydrogen) atoms. The Hall–Kier alpha value is -1.16. The molecule has 1 aromatic heterocycles. The highest BCUT2D eigenvalue weighted by Crippen LogP contribution is 2.27. The summed E-state index contributed by atoms with van der Waals surface area (Å²) < 4.78 is 5.65. The number of hydrogen-bond acceptors (Lipinski definition) is 4. The van der Waals surface area contributed by atoms with Crippen molar-refractivity contribution < 1.29 is 4.74 Å². The fourth-order valence-corrected chi connectivity index (χ4v) is 2.09. The molecular formula is C13H21N3O. The Labute approximate surface area is 103 Å². The molecule has 0 spiro atoms. The van der Waals surface area contributed by atoms with Crippen LogP contribution in [-0.2, 0) is 11.2 Å². The SMILES string of the molecule is CNc1cc(CC(C)C)nc(C2CCCO2)n1. The smallest absolute Gasteiger partial charge is 0.159 e. The second-order valence-electron chi connectivity index (χ2n) is 4.95. The molecule has 4 nitrogen and oxygen atoms in total. The molecule has 1 aliphatic heterocycles. The van der Waals surface area contributed by atoms with Crippen LogP contribution in [0.2, 0.25) is 0 Å². The molecule has 4 heteroatoms. The highest BCUT2D eigenvalue weighted by atomic mass is 16.5. The van der Waals surface area contributed by atoms with E-state index in [9.17, 15) is 0 Å². The van der Waals surface area contributed by atoms with Crippen LogP contribution >= 0.6 is 0 Å². The van der Waals surface area contributed by atoms with Crippen LogP contribution in [0.15, 0.2) is 6.07 Å². The second kappa shape index (κ2) is 5.45. The highest BCUT2D eigenvalue weighted by Gasteiger charge is 2.21. The molecule has 1 fully saturated rings. The van der Waals surface area contributed by atoms with Crippen LogP contribution in [0, 0.1) is 5.92 Å². The summed E-state index contributed by atoms with van der Waals surface area (Å²) in [5.41, 5.74) is 1.10. The lowest BCUT2D eigenvalue weighted by Crippen LogP contribution is -2.09. The summed E-state index contributed by atoms with van der Waals surface area (Å²) in [4.78, 5) is 9.12. The van der Waals surface area contributed by atoms with E-state index in [-0.39, 0.29) is 6.10 Å². The Morgan fingerprint density at radius 2 is 2.29 bits per heavy atom. The second-order valence-corrected chi connectivity index (χ2v) is 4.95. The van der Waals surface area contributed by atoms with Crippen LogP contribution in [-0.4, -0.2) is 23.6 Å². The van der Waals surface area contributed by atoms with Gasteiger partial charge in [-0.25, -0.2) is 9.97 Å². The minimum absolute atomic E-state index is 0.0919. The van der Waals surface area contributed by atoms with Crippen LogP contribution in [0.4, 0.5) is 5.82 Å². The summed E-state index contributed by atoms with van der Waals surface area (Å²) in [6, 6.07) is 2.03. The maximum atomic E-state index is 5.65. The van der Waals surface area contributed by atoms with E-state index in [1.54, 1.807) is 0 Å². The highest BCUT2D eigenvalue weighted by molar-refractivity contribution is 5.35. The molecule has 2 heterocycles. The lowest BCUT2D eigenvalue weighted by molar-refractivity contribution is 0.105. The van der Waals surface area contributed by atoms with E-state index in [1.807, 2.05) is 13.1 Å². The number of hydrogen-bond donors (Lipinski definition) is 1. The number of nitrogens with one attached hydrogen (secondary N) is 1. The van der Waals surface area contributed by atoms with E-state index in [0.29, 0.717) is 5.92 Å². The topological polar surface area (TPSA) is 47.0 Å². The lowest BCUT2D eigenvalue weighted by atomic mass is 10.1. The number of rotatable bonds is 4. The fourth-order valence-electron chi connectivity index (χ4n) is 2.09. The minimum atomic E-state index is 0.0919. The van der Waals surface area contributed by atoms with Crippen molar-refractivity contribution in [3.8, 4) is 0 Å². The van der Waals surface area contributed by atoms with Crippen LogP contribution < -0.4 is 5.32 Å². The number of nitrogens with zero attached hydrogens (tertiary/aromatic N) is 2. The average Bonchev–Trinajstić information content (AvgIpc) is 2.81. The van der Waals surface area contributed by atoms with Crippen molar-refractivity contribution in [2.45, 2.75) is 39.2 Å². The predicted molar refractivity (Wildman–Crippen MR) is 68.0 cm³/mol. The zero-order valence-electron chi connectivity index (χ0n) is 10.9. The third-order valence-corrected chi connectivity index (χ3v) is 2.89. The molecule has 0 radical (unpaired) electrons. The van der Waals surface area contributed by atoms with Crippen molar-refractivity contribution in [1.82, 2.24) is 9.97 Å². The van der Waals surface area contributed by atoms with Crippen molar-refractivity contribution in [3.05, 3.63) is 17.6 Å². The van der Waals surface area contributed by atoms with Gasteiger partial charge in [0.05, 0.1) is 0 Å². The molecule has 0 bridgehead atoms. The molecule has 0 saturated carbocycles. The summed E-state index contributed by atoms with van der Waals surface area (Å²) in [7, 11) is 1.89. The first-order chi connectivity index (χ1) is 8.19. The Balaban J connectivity index is 2.24. The zero-order chi connectivity index (χ0) is 12.3. The first-order valence-corrected chi connectivity index (χ1v) is 6.36. The fraction of sp³-hybridized carbons (Fsp3) is 0.692. The largest absolute Gasteiger partial charge is 0.373 e. The van der Waals surface area contributed by atoms with Crippen LogP contribution in [0.25, 0.3) is 0 Å². The maximum absolute atomic E-state index is 5.65. The number of ether oxygens (including phenoxy) is 1. The summed E-state index contributed by atoms with van der Waals surface area (Å²) in [5.74, 6) is 2.33. The first kappa shape index (κ1) is 12.3. The van der Waals surface area contributed by atoms with Crippen molar-refractivity contribution in [2.24, 2.45) is 5.92 Å². The molecule has 0 amide bonds. The third-order valence-electron chi connectivity index (χ3n) is 2.89. The van der Waals surface area contributed by atoms with E-state index in [1.165, 1.54) is 0 Å². The first-order valence-electron chi connectivity index (χ1n) is 6.36. The summed E-state index contributed by atoms with van der Waals surface area (Å²) in [5, 5.41) is 3.10. The normalized spacial score (nSPS) is 19.9. The number of aromatic nitrogens is 2. The third kappa shape index (κ3) is 3.16. The van der Waals surface area contributed by atoms with Gasteiger partial charge in [-0.2, -0.15) is 0 Å². The van der Waals surface area contributed by atoms with Crippen LogP contribution in [0.3, 0.4) is 0 Å². The minimum Gasteiger partial charge on any atom is -0.373 e. The van der Waals surface area contributed by atoms with E-state index in [4.69, 9.17) is 4.74 Å². The van der Waals surface area contributed by atoms with Crippen molar-refractivity contribution in [1.29, 1.82) is 0 Å². The summed E-state index contributed by atoms with van der Waals surface area (Å²) in [6.45, 7) is 5.23. The van der Waals surface area contributed by atoms with Gasteiger partial charge >= 0.3 is 0 Å². The number of anilines is 1. The molecular weight excluding hydrogens is 214 g/mol. The van der Waals surface area contributed by atoms with Gasteiger partial charge in [-0.1, -0.05) is 13.8 Å². The van der Waals surface area contributed by atoms with Gasteiger partial charge in [0, 0.05) is 25.4 Å². The molecule has 1 aliphatic rings. The average molecular weight is 235 g/mol. The van der Waals surface area contributed by atoms with Gasteiger partial charge in [-0.05, 0) is 25.2 Å². The molecule has 1 aromatic rings. The zero-order valence-corrected chi connectivity index (χ0v) is 10.9. The van der Waals surface area contributed by atoms with E-state index >= 15 is 0 Å². The van der Waals surface area contributed by atoms with Crippen molar-refractivity contribution in [2.75, 3.05) is 19.0 Å². The molecule has 1 unspecified atom stereocenters. The van der Waals surface area contributed by atoms with Gasteiger partial charge in [0.1, 0.15) is 11.9 Å².